The van der Waals surface area contributed by atoms with E-state index in [9.17, 15) is 0 Å². The minimum Gasteiger partial charge on any atom is -0.354 e. The quantitative estimate of drug-likeness (QED) is 0.716. The van der Waals surface area contributed by atoms with Gasteiger partial charge in [0.1, 0.15) is 0 Å². The Morgan fingerprint density at radius 2 is 1.68 bits per heavy atom. The van der Waals surface area contributed by atoms with Gasteiger partial charge in [0.15, 0.2) is 0 Å². The average molecular weight is 313 g/mol. The molecule has 0 aliphatic heterocycles. The predicted molar refractivity (Wildman–Crippen MR) is 83.9 cm³/mol. The van der Waals surface area contributed by atoms with Crippen LogP contribution in [-0.4, -0.2) is 4.98 Å². The molecule has 94 valence electrons. The van der Waals surface area contributed by atoms with E-state index in [1.165, 1.54) is 0 Å². The topological polar surface area (TPSA) is 24.9 Å². The molecule has 1 N–H and O–H groups in total. The number of halogens is 1. The van der Waals surface area contributed by atoms with Crippen molar-refractivity contribution in [2.24, 2.45) is 0 Å². The van der Waals surface area contributed by atoms with Gasteiger partial charge in [-0.15, -0.1) is 0 Å². The van der Waals surface area contributed by atoms with E-state index in [1.54, 1.807) is 0 Å². The number of fused-ring (bicyclic) bond motifs is 1. The van der Waals surface area contributed by atoms with Crippen molar-refractivity contribution in [2.45, 2.75) is 6.92 Å². The number of aromatic nitrogens is 1. The standard InChI is InChI=1S/C16H13BrN2/c1-11-10-16(12-6-2-4-8-14(12)18-11)19-15-9-5-3-7-13(15)17/h2-10H,1H3,(H,18,19). The number of aryl methyl sites for hydroxylation is 1. The summed E-state index contributed by atoms with van der Waals surface area (Å²) in [6.07, 6.45) is 0. The van der Waals surface area contributed by atoms with Crippen LogP contribution in [-0.2, 0) is 0 Å². The van der Waals surface area contributed by atoms with Crippen LogP contribution >= 0.6 is 15.9 Å². The Morgan fingerprint density at radius 1 is 0.947 bits per heavy atom. The third kappa shape index (κ3) is 2.47. The third-order valence-corrected chi connectivity index (χ3v) is 3.68. The lowest BCUT2D eigenvalue weighted by molar-refractivity contribution is 1.25. The summed E-state index contributed by atoms with van der Waals surface area (Å²) >= 11 is 3.56. The van der Waals surface area contributed by atoms with Crippen molar-refractivity contribution in [1.82, 2.24) is 4.98 Å². The van der Waals surface area contributed by atoms with Gasteiger partial charge >= 0.3 is 0 Å². The molecule has 0 radical (unpaired) electrons. The lowest BCUT2D eigenvalue weighted by Gasteiger charge is -2.12. The number of hydrogen-bond donors (Lipinski definition) is 1. The van der Waals surface area contributed by atoms with Crippen LogP contribution in [0.15, 0.2) is 59.1 Å². The van der Waals surface area contributed by atoms with Crippen LogP contribution in [0.1, 0.15) is 5.69 Å². The van der Waals surface area contributed by atoms with E-state index in [1.807, 2.05) is 43.3 Å². The first-order chi connectivity index (χ1) is 9.24. The van der Waals surface area contributed by atoms with Gasteiger partial charge in [0, 0.05) is 21.2 Å². The number of pyridine rings is 1. The highest BCUT2D eigenvalue weighted by molar-refractivity contribution is 9.10. The van der Waals surface area contributed by atoms with Gasteiger partial charge in [0.2, 0.25) is 0 Å². The van der Waals surface area contributed by atoms with Crippen molar-refractivity contribution in [3.8, 4) is 0 Å². The van der Waals surface area contributed by atoms with E-state index in [2.05, 4.69) is 44.4 Å². The SMILES string of the molecule is Cc1cc(Nc2ccccc2Br)c2ccccc2n1. The lowest BCUT2D eigenvalue weighted by atomic mass is 10.1. The summed E-state index contributed by atoms with van der Waals surface area (Å²) in [6.45, 7) is 2.01. The average Bonchev–Trinajstić information content (AvgIpc) is 2.41. The number of rotatable bonds is 2. The zero-order chi connectivity index (χ0) is 13.2. The second-order valence-corrected chi connectivity index (χ2v) is 5.29. The van der Waals surface area contributed by atoms with E-state index in [4.69, 9.17) is 0 Å². The van der Waals surface area contributed by atoms with Gasteiger partial charge in [0.25, 0.3) is 0 Å². The molecule has 0 aliphatic rings. The summed E-state index contributed by atoms with van der Waals surface area (Å²) in [4.78, 5) is 4.55. The molecule has 2 aromatic carbocycles. The minimum absolute atomic E-state index is 1.01. The third-order valence-electron chi connectivity index (χ3n) is 2.99. The smallest absolute Gasteiger partial charge is 0.0726 e. The van der Waals surface area contributed by atoms with E-state index in [-0.39, 0.29) is 0 Å². The minimum atomic E-state index is 1.01. The zero-order valence-corrected chi connectivity index (χ0v) is 12.1. The fourth-order valence-corrected chi connectivity index (χ4v) is 2.50. The molecule has 0 saturated carbocycles. The number of hydrogen-bond acceptors (Lipinski definition) is 2. The first-order valence-corrected chi connectivity index (χ1v) is 6.91. The number of anilines is 2. The molecule has 0 aliphatic carbocycles. The maximum atomic E-state index is 4.55. The van der Waals surface area contributed by atoms with Gasteiger partial charge in [-0.05, 0) is 47.1 Å². The fourth-order valence-electron chi connectivity index (χ4n) is 2.12. The van der Waals surface area contributed by atoms with E-state index in [0.717, 1.165) is 32.4 Å². The Kier molecular flexibility index (Phi) is 3.22. The Labute approximate surface area is 120 Å². The molecule has 0 bridgehead atoms. The molecule has 0 fully saturated rings. The molecule has 3 rings (SSSR count). The van der Waals surface area contributed by atoms with Crippen molar-refractivity contribution in [3.05, 3.63) is 64.8 Å². The van der Waals surface area contributed by atoms with Crippen LogP contribution in [0.2, 0.25) is 0 Å². The van der Waals surface area contributed by atoms with Crippen LogP contribution in [0.4, 0.5) is 11.4 Å². The fraction of sp³-hybridized carbons (Fsp3) is 0.0625. The Hall–Kier alpha value is -1.87. The van der Waals surface area contributed by atoms with Crippen molar-refractivity contribution >= 4 is 38.2 Å². The summed E-state index contributed by atoms with van der Waals surface area (Å²) in [5.41, 5.74) is 4.15. The van der Waals surface area contributed by atoms with Crippen molar-refractivity contribution in [3.63, 3.8) is 0 Å². The van der Waals surface area contributed by atoms with E-state index in [0.29, 0.717) is 0 Å². The van der Waals surface area contributed by atoms with Crippen LogP contribution in [0, 0.1) is 6.92 Å². The Balaban J connectivity index is 2.13. The Morgan fingerprint density at radius 3 is 2.53 bits per heavy atom. The van der Waals surface area contributed by atoms with Gasteiger partial charge < -0.3 is 5.32 Å². The van der Waals surface area contributed by atoms with Gasteiger partial charge in [-0.2, -0.15) is 0 Å². The molecule has 1 aromatic heterocycles. The molecule has 0 spiro atoms. The molecule has 1 heterocycles. The van der Waals surface area contributed by atoms with Crippen molar-refractivity contribution in [1.29, 1.82) is 0 Å². The van der Waals surface area contributed by atoms with E-state index < -0.39 is 0 Å². The molecular formula is C16H13BrN2. The largest absolute Gasteiger partial charge is 0.354 e. The molecule has 0 unspecified atom stereocenters. The second kappa shape index (κ2) is 5.02. The molecule has 0 saturated heterocycles. The van der Waals surface area contributed by atoms with Gasteiger partial charge in [0.05, 0.1) is 11.2 Å². The van der Waals surface area contributed by atoms with E-state index >= 15 is 0 Å². The predicted octanol–water partition coefficient (Wildman–Crippen LogP) is 5.05. The molecule has 2 nitrogen and oxygen atoms in total. The lowest BCUT2D eigenvalue weighted by Crippen LogP contribution is -1.95. The van der Waals surface area contributed by atoms with Crippen LogP contribution in [0.25, 0.3) is 10.9 Å². The van der Waals surface area contributed by atoms with Crippen LogP contribution < -0.4 is 5.32 Å². The first kappa shape index (κ1) is 12.2. The summed E-state index contributed by atoms with van der Waals surface area (Å²) in [7, 11) is 0. The number of benzene rings is 2. The highest BCUT2D eigenvalue weighted by atomic mass is 79.9. The van der Waals surface area contributed by atoms with Crippen LogP contribution in [0.3, 0.4) is 0 Å². The van der Waals surface area contributed by atoms with Gasteiger partial charge in [-0.1, -0.05) is 30.3 Å². The Bertz CT molecular complexity index is 738. The van der Waals surface area contributed by atoms with Crippen molar-refractivity contribution < 1.29 is 0 Å². The number of para-hydroxylation sites is 2. The molecule has 19 heavy (non-hydrogen) atoms. The number of nitrogens with one attached hydrogen (secondary N) is 1. The van der Waals surface area contributed by atoms with Crippen molar-refractivity contribution in [2.75, 3.05) is 5.32 Å². The zero-order valence-electron chi connectivity index (χ0n) is 10.5. The summed E-state index contributed by atoms with van der Waals surface area (Å²) in [5.74, 6) is 0. The molecule has 0 atom stereocenters. The van der Waals surface area contributed by atoms with Crippen LogP contribution in [0.5, 0.6) is 0 Å². The highest BCUT2D eigenvalue weighted by Crippen LogP contribution is 2.29. The summed E-state index contributed by atoms with van der Waals surface area (Å²) < 4.78 is 1.05. The molecule has 3 heteroatoms. The highest BCUT2D eigenvalue weighted by Gasteiger charge is 2.05. The maximum Gasteiger partial charge on any atom is 0.0726 e. The summed E-state index contributed by atoms with van der Waals surface area (Å²) in [6, 6.07) is 18.3. The normalized spacial score (nSPS) is 10.6. The molecular weight excluding hydrogens is 300 g/mol. The van der Waals surface area contributed by atoms with Gasteiger partial charge in [-0.3, -0.25) is 4.98 Å². The molecule has 0 amide bonds. The summed E-state index contributed by atoms with van der Waals surface area (Å²) in [5, 5.41) is 4.60. The molecule has 3 aromatic rings. The monoisotopic (exact) mass is 312 g/mol. The van der Waals surface area contributed by atoms with Gasteiger partial charge in [-0.25, -0.2) is 0 Å². The maximum absolute atomic E-state index is 4.55. The first-order valence-electron chi connectivity index (χ1n) is 6.12. The second-order valence-electron chi connectivity index (χ2n) is 4.43. The number of nitrogens with zero attached hydrogens (tertiary/aromatic N) is 1.